The molecule has 0 spiro atoms. The Morgan fingerprint density at radius 2 is 1.89 bits per heavy atom. The molecule has 3 aromatic rings. The Balaban J connectivity index is 2.27. The molecule has 0 radical (unpaired) electrons. The van der Waals surface area contributed by atoms with Gasteiger partial charge in [0.15, 0.2) is 0 Å². The Kier molecular flexibility index (Phi) is 2.59. The van der Waals surface area contributed by atoms with Gasteiger partial charge in [0.25, 0.3) is 0 Å². The van der Waals surface area contributed by atoms with Crippen LogP contribution >= 0.6 is 0 Å². The van der Waals surface area contributed by atoms with Gasteiger partial charge in [0.05, 0.1) is 18.3 Å². The number of rotatable bonds is 2. The van der Waals surface area contributed by atoms with Crippen molar-refractivity contribution in [2.45, 2.75) is 0 Å². The molecule has 4 nitrogen and oxygen atoms in total. The van der Waals surface area contributed by atoms with Crippen LogP contribution in [0.2, 0.25) is 0 Å². The van der Waals surface area contributed by atoms with Crippen molar-refractivity contribution in [3.05, 3.63) is 58.8 Å². The van der Waals surface area contributed by atoms with E-state index in [0.717, 1.165) is 0 Å². The minimum Gasteiger partial charge on any atom is -0.497 e. The van der Waals surface area contributed by atoms with Crippen molar-refractivity contribution in [2.75, 3.05) is 7.11 Å². The van der Waals surface area contributed by atoms with Gasteiger partial charge in [0.2, 0.25) is 0 Å². The summed E-state index contributed by atoms with van der Waals surface area (Å²) >= 11 is 0. The van der Waals surface area contributed by atoms with E-state index in [1.807, 2.05) is 0 Å². The van der Waals surface area contributed by atoms with Gasteiger partial charge in [-0.05, 0) is 36.4 Å². The van der Waals surface area contributed by atoms with Crippen LogP contribution in [0, 0.1) is 5.82 Å². The molecule has 19 heavy (non-hydrogen) atoms. The Morgan fingerprint density at radius 3 is 2.58 bits per heavy atom. The van der Waals surface area contributed by atoms with E-state index in [-0.39, 0.29) is 11.2 Å². The summed E-state index contributed by atoms with van der Waals surface area (Å²) in [5, 5.41) is 0. The van der Waals surface area contributed by atoms with Gasteiger partial charge >= 0.3 is 5.69 Å². The van der Waals surface area contributed by atoms with Crippen LogP contribution in [0.25, 0.3) is 16.7 Å². The molecule has 0 aliphatic carbocycles. The normalized spacial score (nSPS) is 10.8. The summed E-state index contributed by atoms with van der Waals surface area (Å²) in [6, 6.07) is 11.6. The van der Waals surface area contributed by atoms with Crippen molar-refractivity contribution in [1.82, 2.24) is 9.55 Å². The molecule has 1 heterocycles. The van der Waals surface area contributed by atoms with Crippen molar-refractivity contribution in [2.24, 2.45) is 0 Å². The predicted molar refractivity (Wildman–Crippen MR) is 70.4 cm³/mol. The van der Waals surface area contributed by atoms with Crippen LogP contribution < -0.4 is 10.4 Å². The molecule has 0 aliphatic heterocycles. The van der Waals surface area contributed by atoms with Crippen LogP contribution in [0.15, 0.2) is 47.3 Å². The lowest BCUT2D eigenvalue weighted by Gasteiger charge is -2.04. The highest BCUT2D eigenvalue weighted by Gasteiger charge is 2.11. The van der Waals surface area contributed by atoms with Gasteiger partial charge in [0.1, 0.15) is 17.1 Å². The Labute approximate surface area is 108 Å². The van der Waals surface area contributed by atoms with Gasteiger partial charge in [-0.1, -0.05) is 6.07 Å². The molecule has 1 aromatic heterocycles. The van der Waals surface area contributed by atoms with Crippen molar-refractivity contribution >= 4 is 11.0 Å². The number of ether oxygens (including phenoxy) is 1. The first-order valence-corrected chi connectivity index (χ1v) is 5.74. The van der Waals surface area contributed by atoms with Crippen molar-refractivity contribution in [1.29, 1.82) is 0 Å². The quantitative estimate of drug-likeness (QED) is 0.767. The van der Waals surface area contributed by atoms with E-state index in [2.05, 4.69) is 4.98 Å². The maximum Gasteiger partial charge on any atom is 0.331 e. The van der Waals surface area contributed by atoms with Crippen LogP contribution in [0.3, 0.4) is 0 Å². The minimum atomic E-state index is -0.443. The summed E-state index contributed by atoms with van der Waals surface area (Å²) in [6.07, 6.45) is 0. The Morgan fingerprint density at radius 1 is 1.16 bits per heavy atom. The molecular weight excluding hydrogens is 247 g/mol. The molecule has 96 valence electrons. The molecule has 0 bridgehead atoms. The van der Waals surface area contributed by atoms with Crippen molar-refractivity contribution < 1.29 is 9.13 Å². The van der Waals surface area contributed by atoms with E-state index in [4.69, 9.17) is 4.74 Å². The average Bonchev–Trinajstić information content (AvgIpc) is 2.77. The molecular formula is C14H11FN2O2. The number of halogens is 1. The van der Waals surface area contributed by atoms with Gasteiger partial charge in [-0.3, -0.25) is 4.57 Å². The van der Waals surface area contributed by atoms with Gasteiger partial charge < -0.3 is 9.72 Å². The summed E-state index contributed by atoms with van der Waals surface area (Å²) in [5.41, 5.74) is 1.01. The SMILES string of the molecule is COc1ccc(-n2c(=O)[nH]c3c(F)cccc32)cc1. The summed E-state index contributed by atoms with van der Waals surface area (Å²) in [5.74, 6) is 0.254. The Bertz CT molecular complexity index is 787. The maximum atomic E-state index is 13.6. The molecule has 5 heteroatoms. The van der Waals surface area contributed by atoms with E-state index < -0.39 is 5.82 Å². The van der Waals surface area contributed by atoms with Gasteiger partial charge in [-0.2, -0.15) is 0 Å². The summed E-state index contributed by atoms with van der Waals surface area (Å²) in [7, 11) is 1.57. The number of H-pyrrole nitrogens is 1. The number of imidazole rings is 1. The monoisotopic (exact) mass is 258 g/mol. The first-order chi connectivity index (χ1) is 9.20. The van der Waals surface area contributed by atoms with Crippen LogP contribution in [0.1, 0.15) is 0 Å². The molecule has 0 amide bonds. The summed E-state index contributed by atoms with van der Waals surface area (Å²) in [6.45, 7) is 0. The molecule has 0 atom stereocenters. The van der Waals surface area contributed by atoms with Gasteiger partial charge in [-0.25, -0.2) is 9.18 Å². The lowest BCUT2D eigenvalue weighted by molar-refractivity contribution is 0.414. The van der Waals surface area contributed by atoms with Gasteiger partial charge in [-0.15, -0.1) is 0 Å². The molecule has 0 aliphatic rings. The highest BCUT2D eigenvalue weighted by Crippen LogP contribution is 2.19. The highest BCUT2D eigenvalue weighted by molar-refractivity contribution is 5.77. The van der Waals surface area contributed by atoms with E-state index in [9.17, 15) is 9.18 Å². The molecule has 0 fully saturated rings. The summed E-state index contributed by atoms with van der Waals surface area (Å²) in [4.78, 5) is 14.5. The fourth-order valence-electron chi connectivity index (χ4n) is 2.08. The zero-order chi connectivity index (χ0) is 13.4. The standard InChI is InChI=1S/C14H11FN2O2/c1-19-10-7-5-9(6-8-10)17-12-4-2-3-11(15)13(12)16-14(17)18/h2-8H,1H3,(H,16,18). The molecule has 0 saturated heterocycles. The molecule has 2 aromatic carbocycles. The predicted octanol–water partition coefficient (Wildman–Crippen LogP) is 2.47. The molecule has 0 unspecified atom stereocenters. The zero-order valence-electron chi connectivity index (χ0n) is 10.2. The number of aromatic nitrogens is 2. The van der Waals surface area contributed by atoms with Crippen LogP contribution in [-0.2, 0) is 0 Å². The number of nitrogens with zero attached hydrogens (tertiary/aromatic N) is 1. The van der Waals surface area contributed by atoms with E-state index >= 15 is 0 Å². The first-order valence-electron chi connectivity index (χ1n) is 5.74. The number of hydrogen-bond donors (Lipinski definition) is 1. The largest absolute Gasteiger partial charge is 0.497 e. The van der Waals surface area contributed by atoms with E-state index in [1.54, 1.807) is 43.5 Å². The Hall–Kier alpha value is -2.56. The van der Waals surface area contributed by atoms with Gasteiger partial charge in [0, 0.05) is 0 Å². The average molecular weight is 258 g/mol. The second kappa shape index (κ2) is 4.28. The highest BCUT2D eigenvalue weighted by atomic mass is 19.1. The number of aromatic amines is 1. The number of methoxy groups -OCH3 is 1. The number of nitrogens with one attached hydrogen (secondary N) is 1. The zero-order valence-corrected chi connectivity index (χ0v) is 10.2. The third-order valence-electron chi connectivity index (χ3n) is 3.00. The van der Waals surface area contributed by atoms with Crippen LogP contribution in [0.5, 0.6) is 5.75 Å². The van der Waals surface area contributed by atoms with Crippen molar-refractivity contribution in [3.8, 4) is 11.4 Å². The maximum absolute atomic E-state index is 13.6. The number of para-hydroxylation sites is 1. The number of hydrogen-bond acceptors (Lipinski definition) is 2. The van der Waals surface area contributed by atoms with Crippen LogP contribution in [0.4, 0.5) is 4.39 Å². The molecule has 0 saturated carbocycles. The number of fused-ring (bicyclic) bond motifs is 1. The fraction of sp³-hybridized carbons (Fsp3) is 0.0714. The smallest absolute Gasteiger partial charge is 0.331 e. The fourth-order valence-corrected chi connectivity index (χ4v) is 2.08. The first kappa shape index (κ1) is 11.5. The second-order valence-electron chi connectivity index (χ2n) is 4.10. The third-order valence-corrected chi connectivity index (χ3v) is 3.00. The topological polar surface area (TPSA) is 47.0 Å². The number of benzene rings is 2. The van der Waals surface area contributed by atoms with E-state index in [0.29, 0.717) is 17.0 Å². The molecule has 3 rings (SSSR count). The van der Waals surface area contributed by atoms with Crippen LogP contribution in [-0.4, -0.2) is 16.7 Å². The van der Waals surface area contributed by atoms with Crippen molar-refractivity contribution in [3.63, 3.8) is 0 Å². The van der Waals surface area contributed by atoms with E-state index in [1.165, 1.54) is 10.6 Å². The molecule has 1 N–H and O–H groups in total. The second-order valence-corrected chi connectivity index (χ2v) is 4.10. The minimum absolute atomic E-state index is 0.211. The third kappa shape index (κ3) is 1.79. The summed E-state index contributed by atoms with van der Waals surface area (Å²) < 4.78 is 20.1. The lowest BCUT2D eigenvalue weighted by Crippen LogP contribution is -2.14. The lowest BCUT2D eigenvalue weighted by atomic mass is 10.2.